The van der Waals surface area contributed by atoms with Crippen LogP contribution >= 0.6 is 11.6 Å². The third-order valence-electron chi connectivity index (χ3n) is 6.06. The fourth-order valence-electron chi connectivity index (χ4n) is 4.20. The van der Waals surface area contributed by atoms with Crippen molar-refractivity contribution in [1.82, 2.24) is 10.2 Å². The van der Waals surface area contributed by atoms with E-state index in [0.717, 1.165) is 24.1 Å². The predicted octanol–water partition coefficient (Wildman–Crippen LogP) is 2.17. The van der Waals surface area contributed by atoms with Crippen molar-refractivity contribution < 1.29 is 14.7 Å². The van der Waals surface area contributed by atoms with Crippen LogP contribution in [0.3, 0.4) is 0 Å². The zero-order chi connectivity index (χ0) is 20.7. The first-order chi connectivity index (χ1) is 13.1. The lowest BCUT2D eigenvalue weighted by atomic mass is 9.77. The molecule has 6 nitrogen and oxygen atoms in total. The van der Waals surface area contributed by atoms with Crippen molar-refractivity contribution in [3.63, 3.8) is 0 Å². The molecule has 154 valence electrons. The van der Waals surface area contributed by atoms with Crippen LogP contribution in [0.4, 0.5) is 0 Å². The number of halogens is 1. The molecule has 0 aliphatic carbocycles. The molecule has 2 aliphatic heterocycles. The van der Waals surface area contributed by atoms with Gasteiger partial charge in [-0.2, -0.15) is 0 Å². The number of amides is 1. The number of aliphatic hydroxyl groups excluding tert-OH is 1. The minimum Gasteiger partial charge on any atom is -0.385 e. The number of Topliss-reactive ketones (excluding diaryl/α,β-unsaturated/α-hetero) is 1. The molecule has 0 aromatic heterocycles. The zero-order valence-corrected chi connectivity index (χ0v) is 17.6. The topological polar surface area (TPSA) is 95.7 Å². The quantitative estimate of drug-likeness (QED) is 0.628. The van der Waals surface area contributed by atoms with Crippen LogP contribution in [-0.2, 0) is 16.1 Å². The summed E-state index contributed by atoms with van der Waals surface area (Å²) in [6.45, 7) is 7.26. The van der Waals surface area contributed by atoms with Crippen LogP contribution in [0.5, 0.6) is 0 Å². The summed E-state index contributed by atoms with van der Waals surface area (Å²) in [5.41, 5.74) is 5.72. The van der Waals surface area contributed by atoms with Gasteiger partial charge in [-0.25, -0.2) is 0 Å². The van der Waals surface area contributed by atoms with Crippen molar-refractivity contribution in [3.8, 4) is 0 Å². The van der Waals surface area contributed by atoms with E-state index in [-0.39, 0.29) is 6.04 Å². The van der Waals surface area contributed by atoms with Crippen molar-refractivity contribution in [2.24, 2.45) is 11.1 Å². The monoisotopic (exact) mass is 407 g/mol. The van der Waals surface area contributed by atoms with Gasteiger partial charge in [0.15, 0.2) is 11.3 Å². The van der Waals surface area contributed by atoms with Gasteiger partial charge in [-0.15, -0.1) is 0 Å². The number of primary amides is 1. The molecule has 2 aliphatic rings. The highest BCUT2D eigenvalue weighted by Gasteiger charge is 2.55. The smallest absolute Gasteiger partial charge is 0.245 e. The first-order valence-corrected chi connectivity index (χ1v) is 10.2. The molecular weight excluding hydrogens is 378 g/mol. The Morgan fingerprint density at radius 1 is 1.43 bits per heavy atom. The summed E-state index contributed by atoms with van der Waals surface area (Å²) < 4.78 is 0. The number of likely N-dealkylation sites (tertiary alicyclic amines) is 1. The lowest BCUT2D eigenvalue weighted by molar-refractivity contribution is -0.151. The molecule has 2 heterocycles. The number of ketones is 1. The Kier molecular flexibility index (Phi) is 5.88. The minimum absolute atomic E-state index is 0.258. The van der Waals surface area contributed by atoms with E-state index in [2.05, 4.69) is 5.32 Å². The van der Waals surface area contributed by atoms with Crippen LogP contribution in [0.25, 0.3) is 0 Å². The van der Waals surface area contributed by atoms with Gasteiger partial charge in [-0.1, -0.05) is 38.4 Å². The van der Waals surface area contributed by atoms with Crippen LogP contribution in [0, 0.1) is 5.41 Å². The van der Waals surface area contributed by atoms with E-state index in [1.165, 1.54) is 0 Å². The molecular formula is C21H30ClN3O3. The second-order valence-electron chi connectivity index (χ2n) is 9.02. The molecule has 3 atom stereocenters. The highest BCUT2D eigenvalue weighted by molar-refractivity contribution is 6.30. The van der Waals surface area contributed by atoms with Crippen molar-refractivity contribution in [3.05, 3.63) is 34.3 Å². The largest absolute Gasteiger partial charge is 0.385 e. The fourth-order valence-corrected chi connectivity index (χ4v) is 4.39. The van der Waals surface area contributed by atoms with Crippen LogP contribution < -0.4 is 11.1 Å². The molecule has 3 rings (SSSR count). The molecule has 1 aromatic carbocycles. The van der Waals surface area contributed by atoms with E-state index in [9.17, 15) is 14.7 Å². The molecule has 1 amide bonds. The van der Waals surface area contributed by atoms with Gasteiger partial charge < -0.3 is 16.2 Å². The van der Waals surface area contributed by atoms with Crippen LogP contribution in [-0.4, -0.2) is 46.4 Å². The van der Waals surface area contributed by atoms with Gasteiger partial charge in [0.25, 0.3) is 0 Å². The van der Waals surface area contributed by atoms with Gasteiger partial charge in [-0.05, 0) is 54.5 Å². The third-order valence-corrected chi connectivity index (χ3v) is 6.29. The summed E-state index contributed by atoms with van der Waals surface area (Å²) >= 11 is 6.24. The van der Waals surface area contributed by atoms with Crippen molar-refractivity contribution >= 4 is 23.3 Å². The third kappa shape index (κ3) is 3.71. The van der Waals surface area contributed by atoms with Gasteiger partial charge >= 0.3 is 0 Å². The number of carbonyl (C=O) groups is 2. The average Bonchev–Trinajstić information content (AvgIpc) is 2.98. The molecule has 1 aromatic rings. The van der Waals surface area contributed by atoms with Crippen LogP contribution in [0.15, 0.2) is 18.2 Å². The average molecular weight is 408 g/mol. The van der Waals surface area contributed by atoms with Gasteiger partial charge in [0, 0.05) is 24.2 Å². The Morgan fingerprint density at radius 2 is 2.11 bits per heavy atom. The molecule has 2 fully saturated rings. The fraction of sp³-hybridized carbons (Fsp3) is 0.619. The number of nitrogens with zero attached hydrogens (tertiary/aromatic N) is 1. The Hall–Kier alpha value is -1.47. The molecule has 0 bridgehead atoms. The maximum Gasteiger partial charge on any atom is 0.245 e. The van der Waals surface area contributed by atoms with E-state index in [1.54, 1.807) is 20.8 Å². The Bertz CT molecular complexity index is 773. The minimum atomic E-state index is -1.49. The van der Waals surface area contributed by atoms with E-state index >= 15 is 0 Å². The summed E-state index contributed by atoms with van der Waals surface area (Å²) in [5, 5.41) is 14.6. The van der Waals surface area contributed by atoms with E-state index in [1.807, 2.05) is 23.1 Å². The summed E-state index contributed by atoms with van der Waals surface area (Å²) in [7, 11) is 0. The summed E-state index contributed by atoms with van der Waals surface area (Å²) in [4.78, 5) is 27.7. The summed E-state index contributed by atoms with van der Waals surface area (Å²) in [6.07, 6.45) is 0.763. The highest BCUT2D eigenvalue weighted by Crippen LogP contribution is 2.37. The van der Waals surface area contributed by atoms with Crippen LogP contribution in [0.2, 0.25) is 5.02 Å². The molecule has 7 heteroatoms. The lowest BCUT2D eigenvalue weighted by Crippen LogP contribution is -2.63. The van der Waals surface area contributed by atoms with E-state index in [4.69, 9.17) is 17.3 Å². The Labute approximate surface area is 171 Å². The standard InChI is InChI=1S/C21H30ClN3O3/c1-20(2,3)17(26)18(27)21(19(23)28)8-4-10-25(21)12-13-11-14(22)5-6-15(13)16-7-9-24-16/h5-6,11,16-17,24,26H,4,7-10,12H2,1-3H3,(H2,23,28)/t16?,17-,21+/m0/s1. The number of hydrogen-bond donors (Lipinski definition) is 3. The molecule has 2 saturated heterocycles. The number of benzene rings is 1. The SMILES string of the molecule is CC(C)(C)[C@@H](O)C(=O)[C@@]1(C(N)=O)CCCN1Cc1cc(Cl)ccc1C1CCN1. The van der Waals surface area contributed by atoms with Crippen molar-refractivity contribution in [2.45, 2.75) is 64.3 Å². The number of hydrogen-bond acceptors (Lipinski definition) is 5. The molecule has 4 N–H and O–H groups in total. The molecule has 0 radical (unpaired) electrons. The zero-order valence-electron chi connectivity index (χ0n) is 16.8. The van der Waals surface area contributed by atoms with Gasteiger partial charge in [-0.3, -0.25) is 14.5 Å². The number of carbonyl (C=O) groups excluding carboxylic acids is 2. The number of nitrogens with one attached hydrogen (secondary N) is 1. The summed E-state index contributed by atoms with van der Waals surface area (Å²) in [5.74, 6) is -1.20. The van der Waals surface area contributed by atoms with Gasteiger partial charge in [0.1, 0.15) is 6.10 Å². The van der Waals surface area contributed by atoms with Gasteiger partial charge in [0.05, 0.1) is 0 Å². The van der Waals surface area contributed by atoms with E-state index < -0.39 is 28.7 Å². The number of rotatable bonds is 6. The summed E-state index contributed by atoms with van der Waals surface area (Å²) in [6, 6.07) is 6.02. The Morgan fingerprint density at radius 3 is 2.64 bits per heavy atom. The number of nitrogens with two attached hydrogens (primary N) is 1. The molecule has 1 unspecified atom stereocenters. The van der Waals surface area contributed by atoms with Gasteiger partial charge in [0.2, 0.25) is 5.91 Å². The normalized spacial score (nSPS) is 26.7. The van der Waals surface area contributed by atoms with Crippen molar-refractivity contribution in [1.29, 1.82) is 0 Å². The maximum absolute atomic E-state index is 13.3. The number of aliphatic hydroxyl groups is 1. The second-order valence-corrected chi connectivity index (χ2v) is 9.46. The van der Waals surface area contributed by atoms with E-state index in [0.29, 0.717) is 31.0 Å². The molecule has 0 saturated carbocycles. The Balaban J connectivity index is 1.96. The lowest BCUT2D eigenvalue weighted by Gasteiger charge is -2.39. The predicted molar refractivity (Wildman–Crippen MR) is 109 cm³/mol. The molecule has 28 heavy (non-hydrogen) atoms. The maximum atomic E-state index is 13.3. The second kappa shape index (κ2) is 7.75. The first-order valence-electron chi connectivity index (χ1n) is 9.86. The van der Waals surface area contributed by atoms with Crippen molar-refractivity contribution in [2.75, 3.05) is 13.1 Å². The van der Waals surface area contributed by atoms with Crippen LogP contribution in [0.1, 0.15) is 57.2 Å². The highest BCUT2D eigenvalue weighted by atomic mass is 35.5. The first kappa shape index (κ1) is 21.2. The molecule has 0 spiro atoms.